The number of nitro benzene ring substituents is 1. The molecule has 0 fully saturated rings. The highest BCUT2D eigenvalue weighted by Gasteiger charge is 2.15. The van der Waals surface area contributed by atoms with E-state index < -0.39 is 4.92 Å². The number of hydrogen-bond donors (Lipinski definition) is 1. The Kier molecular flexibility index (Phi) is 2.20. The van der Waals surface area contributed by atoms with Crippen molar-refractivity contribution < 1.29 is 4.92 Å². The van der Waals surface area contributed by atoms with E-state index in [1.54, 1.807) is 6.07 Å². The van der Waals surface area contributed by atoms with Crippen LogP contribution in [-0.4, -0.2) is 24.7 Å². The van der Waals surface area contributed by atoms with Gasteiger partial charge in [0.2, 0.25) is 4.96 Å². The van der Waals surface area contributed by atoms with Gasteiger partial charge in [0, 0.05) is 11.6 Å². The zero-order valence-corrected chi connectivity index (χ0v) is 9.66. The van der Waals surface area contributed by atoms with Gasteiger partial charge in [0.25, 0.3) is 5.69 Å². The van der Waals surface area contributed by atoms with Crippen LogP contribution in [-0.2, 0) is 0 Å². The maximum absolute atomic E-state index is 10.8. The highest BCUT2D eigenvalue weighted by atomic mass is 32.1. The van der Waals surface area contributed by atoms with E-state index in [2.05, 4.69) is 15.3 Å². The predicted octanol–water partition coefficient (Wildman–Crippen LogP) is 1.34. The predicted molar refractivity (Wildman–Crippen MR) is 65.2 cm³/mol. The molecule has 0 radical (unpaired) electrons. The summed E-state index contributed by atoms with van der Waals surface area (Å²) in [4.78, 5) is 10.9. The lowest BCUT2D eigenvalue weighted by Crippen LogP contribution is -1.95. The fourth-order valence-electron chi connectivity index (χ4n) is 1.51. The molecule has 0 unspecified atom stereocenters. The number of anilines is 1. The van der Waals surface area contributed by atoms with Crippen LogP contribution in [0.15, 0.2) is 24.5 Å². The highest BCUT2D eigenvalue weighted by molar-refractivity contribution is 7.19. The second-order valence-electron chi connectivity index (χ2n) is 3.50. The molecule has 2 heterocycles. The molecule has 2 aromatic heterocycles. The molecular weight excluding hydrogens is 256 g/mol. The summed E-state index contributed by atoms with van der Waals surface area (Å²) in [7, 11) is 0. The topological polar surface area (TPSA) is 112 Å². The fourth-order valence-corrected chi connectivity index (χ4v) is 2.33. The van der Waals surface area contributed by atoms with Crippen molar-refractivity contribution in [1.82, 2.24) is 19.8 Å². The molecule has 18 heavy (non-hydrogen) atoms. The van der Waals surface area contributed by atoms with E-state index in [1.807, 2.05) is 0 Å². The first-order valence-corrected chi connectivity index (χ1v) is 5.68. The second-order valence-corrected chi connectivity index (χ2v) is 4.45. The SMILES string of the molecule is Nc1ccc(-c2nn3cnnc3s2)cc1[N+](=O)[O-]. The van der Waals surface area contributed by atoms with Crippen molar-refractivity contribution in [3.8, 4) is 10.6 Å². The lowest BCUT2D eigenvalue weighted by molar-refractivity contribution is -0.383. The van der Waals surface area contributed by atoms with Crippen LogP contribution in [0.25, 0.3) is 15.5 Å². The van der Waals surface area contributed by atoms with E-state index in [9.17, 15) is 10.1 Å². The van der Waals surface area contributed by atoms with Crippen LogP contribution in [0.4, 0.5) is 11.4 Å². The van der Waals surface area contributed by atoms with E-state index in [-0.39, 0.29) is 11.4 Å². The molecule has 2 N–H and O–H groups in total. The Bertz CT molecular complexity index is 720. The summed E-state index contributed by atoms with van der Waals surface area (Å²) in [6.07, 6.45) is 1.47. The molecule has 0 aliphatic heterocycles. The molecule has 0 amide bonds. The number of rotatable bonds is 2. The van der Waals surface area contributed by atoms with Gasteiger partial charge >= 0.3 is 0 Å². The number of nitrogens with zero attached hydrogens (tertiary/aromatic N) is 5. The first kappa shape index (κ1) is 10.6. The Balaban J connectivity index is 2.14. The molecular formula is C9H6N6O2S. The van der Waals surface area contributed by atoms with Gasteiger partial charge in [-0.2, -0.15) is 9.61 Å². The zero-order valence-electron chi connectivity index (χ0n) is 8.85. The summed E-state index contributed by atoms with van der Waals surface area (Å²) in [6.45, 7) is 0. The molecule has 90 valence electrons. The Labute approximate surface area is 104 Å². The quantitative estimate of drug-likeness (QED) is 0.423. The Hall–Kier alpha value is -2.55. The normalized spacial score (nSPS) is 10.9. The molecule has 0 aliphatic rings. The summed E-state index contributed by atoms with van der Waals surface area (Å²) in [6, 6.07) is 4.59. The van der Waals surface area contributed by atoms with Crippen molar-refractivity contribution in [3.05, 3.63) is 34.6 Å². The third-order valence-electron chi connectivity index (χ3n) is 2.36. The summed E-state index contributed by atoms with van der Waals surface area (Å²) in [5.74, 6) is 0. The van der Waals surface area contributed by atoms with Crippen molar-refractivity contribution in [1.29, 1.82) is 0 Å². The van der Waals surface area contributed by atoms with Gasteiger partial charge in [-0.15, -0.1) is 10.2 Å². The molecule has 0 bridgehead atoms. The molecule has 3 aromatic rings. The summed E-state index contributed by atoms with van der Waals surface area (Å²) in [5, 5.41) is 23.2. The van der Waals surface area contributed by atoms with Crippen LogP contribution in [0.1, 0.15) is 0 Å². The van der Waals surface area contributed by atoms with Gasteiger partial charge in [0.1, 0.15) is 17.0 Å². The third-order valence-corrected chi connectivity index (χ3v) is 3.32. The van der Waals surface area contributed by atoms with Gasteiger partial charge in [-0.25, -0.2) is 0 Å². The zero-order chi connectivity index (χ0) is 12.7. The maximum atomic E-state index is 10.8. The molecule has 8 nitrogen and oxygen atoms in total. The average molecular weight is 262 g/mol. The van der Waals surface area contributed by atoms with Crippen molar-refractivity contribution >= 4 is 27.7 Å². The van der Waals surface area contributed by atoms with Crippen molar-refractivity contribution in [2.45, 2.75) is 0 Å². The molecule has 0 spiro atoms. The van der Waals surface area contributed by atoms with Gasteiger partial charge < -0.3 is 5.73 Å². The molecule has 0 saturated heterocycles. The van der Waals surface area contributed by atoms with Gasteiger partial charge in [-0.05, 0) is 12.1 Å². The number of aromatic nitrogens is 4. The number of nitro groups is 1. The standard InChI is InChI=1S/C9H6N6O2S/c10-6-2-1-5(3-7(6)15(16)17)8-13-14-4-11-12-9(14)18-8/h1-4H,10H2. The molecule has 3 rings (SSSR count). The summed E-state index contributed by atoms with van der Waals surface area (Å²) in [5.41, 5.74) is 6.17. The van der Waals surface area contributed by atoms with Gasteiger partial charge in [-0.1, -0.05) is 11.3 Å². The molecule has 9 heteroatoms. The van der Waals surface area contributed by atoms with Crippen LogP contribution in [0.2, 0.25) is 0 Å². The minimum atomic E-state index is -0.515. The number of fused-ring (bicyclic) bond motifs is 1. The van der Waals surface area contributed by atoms with Gasteiger partial charge in [0.05, 0.1) is 4.92 Å². The number of nitrogens with two attached hydrogens (primary N) is 1. The number of nitrogen functional groups attached to an aromatic ring is 1. The second kappa shape index (κ2) is 3.74. The van der Waals surface area contributed by atoms with E-state index in [1.165, 1.54) is 34.3 Å². The van der Waals surface area contributed by atoms with Crippen LogP contribution < -0.4 is 5.73 Å². The van der Waals surface area contributed by atoms with Crippen LogP contribution in [0.5, 0.6) is 0 Å². The van der Waals surface area contributed by atoms with Crippen LogP contribution >= 0.6 is 11.3 Å². The average Bonchev–Trinajstić information content (AvgIpc) is 2.89. The van der Waals surface area contributed by atoms with Gasteiger partial charge in [0.15, 0.2) is 0 Å². The summed E-state index contributed by atoms with van der Waals surface area (Å²) >= 11 is 1.30. The minimum Gasteiger partial charge on any atom is -0.393 e. The Morgan fingerprint density at radius 3 is 3.00 bits per heavy atom. The smallest absolute Gasteiger partial charge is 0.292 e. The lowest BCUT2D eigenvalue weighted by atomic mass is 10.2. The van der Waals surface area contributed by atoms with E-state index >= 15 is 0 Å². The monoisotopic (exact) mass is 262 g/mol. The molecule has 1 aromatic carbocycles. The first-order chi connectivity index (χ1) is 8.65. The largest absolute Gasteiger partial charge is 0.393 e. The van der Waals surface area contributed by atoms with Crippen LogP contribution in [0.3, 0.4) is 0 Å². The minimum absolute atomic E-state index is 0.126. The third kappa shape index (κ3) is 1.57. The van der Waals surface area contributed by atoms with Crippen molar-refractivity contribution in [2.24, 2.45) is 0 Å². The van der Waals surface area contributed by atoms with E-state index in [0.29, 0.717) is 15.5 Å². The molecule has 0 aliphatic carbocycles. The van der Waals surface area contributed by atoms with Crippen molar-refractivity contribution in [3.63, 3.8) is 0 Å². The fraction of sp³-hybridized carbons (Fsp3) is 0. The maximum Gasteiger partial charge on any atom is 0.292 e. The summed E-state index contributed by atoms with van der Waals surface area (Å²) < 4.78 is 1.52. The lowest BCUT2D eigenvalue weighted by Gasteiger charge is -1.99. The molecule has 0 atom stereocenters. The van der Waals surface area contributed by atoms with Crippen molar-refractivity contribution in [2.75, 3.05) is 5.73 Å². The van der Waals surface area contributed by atoms with Gasteiger partial charge in [-0.3, -0.25) is 10.1 Å². The number of hydrogen-bond acceptors (Lipinski definition) is 7. The molecule has 0 saturated carbocycles. The van der Waals surface area contributed by atoms with E-state index in [0.717, 1.165) is 0 Å². The first-order valence-electron chi connectivity index (χ1n) is 4.86. The Morgan fingerprint density at radius 1 is 1.44 bits per heavy atom. The van der Waals surface area contributed by atoms with Crippen LogP contribution in [0, 0.1) is 10.1 Å². The Morgan fingerprint density at radius 2 is 2.28 bits per heavy atom. The highest BCUT2D eigenvalue weighted by Crippen LogP contribution is 2.30. The van der Waals surface area contributed by atoms with E-state index in [4.69, 9.17) is 5.73 Å². The number of benzene rings is 1.